The van der Waals surface area contributed by atoms with Crippen molar-refractivity contribution in [2.45, 2.75) is 26.3 Å². The van der Waals surface area contributed by atoms with Crippen molar-refractivity contribution >= 4 is 22.9 Å². The fraction of sp³-hybridized carbons (Fsp3) is 0.467. The molecule has 2 aromatic rings. The van der Waals surface area contributed by atoms with Crippen LogP contribution in [-0.2, 0) is 11.3 Å². The maximum Gasteiger partial charge on any atom is 0.226 e. The topological polar surface area (TPSA) is 51.4 Å². The molecule has 5 nitrogen and oxygen atoms in total. The van der Waals surface area contributed by atoms with E-state index in [9.17, 15) is 4.79 Å². The van der Waals surface area contributed by atoms with Gasteiger partial charge in [0.05, 0.1) is 31.7 Å². The van der Waals surface area contributed by atoms with Crippen LogP contribution >= 0.6 is 0 Å². The molecule has 0 radical (unpaired) electrons. The van der Waals surface area contributed by atoms with Crippen molar-refractivity contribution in [3.05, 3.63) is 24.3 Å². The summed E-state index contributed by atoms with van der Waals surface area (Å²) in [4.78, 5) is 17.6. The van der Waals surface area contributed by atoms with Gasteiger partial charge in [0, 0.05) is 19.4 Å². The molecule has 0 bridgehead atoms. The molecular formula is C15H23N4O+. The molecule has 0 aliphatic heterocycles. The molecule has 0 fully saturated rings. The normalized spacial score (nSPS) is 11.2. The van der Waals surface area contributed by atoms with E-state index in [0.717, 1.165) is 30.5 Å². The van der Waals surface area contributed by atoms with E-state index in [1.165, 1.54) is 4.90 Å². The van der Waals surface area contributed by atoms with Crippen molar-refractivity contribution < 1.29 is 9.69 Å². The van der Waals surface area contributed by atoms with Gasteiger partial charge in [-0.2, -0.15) is 0 Å². The molecule has 1 aromatic carbocycles. The lowest BCUT2D eigenvalue weighted by atomic mass is 10.3. The van der Waals surface area contributed by atoms with E-state index >= 15 is 0 Å². The van der Waals surface area contributed by atoms with E-state index < -0.39 is 0 Å². The monoisotopic (exact) mass is 275 g/mol. The first-order valence-corrected chi connectivity index (χ1v) is 7.16. The summed E-state index contributed by atoms with van der Waals surface area (Å²) in [7, 11) is 4.29. The lowest BCUT2D eigenvalue weighted by molar-refractivity contribution is -0.858. The number of fused-ring (bicyclic) bond motifs is 1. The minimum absolute atomic E-state index is 0.000194. The van der Waals surface area contributed by atoms with Gasteiger partial charge < -0.3 is 9.47 Å². The summed E-state index contributed by atoms with van der Waals surface area (Å²) in [6.45, 7) is 3.80. The SMILES string of the molecule is CCC(=O)Nc1nc2ccccc2n1CCC[NH+](C)C. The van der Waals surface area contributed by atoms with Gasteiger partial charge in [-0.15, -0.1) is 0 Å². The average Bonchev–Trinajstić information content (AvgIpc) is 2.76. The van der Waals surface area contributed by atoms with Gasteiger partial charge in [-0.3, -0.25) is 10.1 Å². The molecular weight excluding hydrogens is 252 g/mol. The van der Waals surface area contributed by atoms with Crippen LogP contribution in [0.3, 0.4) is 0 Å². The second-order valence-electron chi connectivity index (χ2n) is 5.29. The number of quaternary nitrogens is 1. The Morgan fingerprint density at radius 2 is 2.10 bits per heavy atom. The molecule has 0 spiro atoms. The van der Waals surface area contributed by atoms with Crippen molar-refractivity contribution in [3.63, 3.8) is 0 Å². The van der Waals surface area contributed by atoms with Crippen LogP contribution in [0.25, 0.3) is 11.0 Å². The van der Waals surface area contributed by atoms with Crippen LogP contribution in [0.1, 0.15) is 19.8 Å². The number of carbonyl (C=O) groups is 1. The number of amides is 1. The summed E-state index contributed by atoms with van der Waals surface area (Å²) < 4.78 is 2.10. The predicted molar refractivity (Wildman–Crippen MR) is 80.9 cm³/mol. The highest BCUT2D eigenvalue weighted by Gasteiger charge is 2.12. The number of carbonyl (C=O) groups excluding carboxylic acids is 1. The molecule has 20 heavy (non-hydrogen) atoms. The molecule has 2 rings (SSSR count). The summed E-state index contributed by atoms with van der Waals surface area (Å²) >= 11 is 0. The molecule has 0 saturated carbocycles. The zero-order valence-electron chi connectivity index (χ0n) is 12.4. The predicted octanol–water partition coefficient (Wildman–Crippen LogP) is 0.919. The summed E-state index contributed by atoms with van der Waals surface area (Å²) in [5.41, 5.74) is 2.00. The van der Waals surface area contributed by atoms with Crippen molar-refractivity contribution in [2.24, 2.45) is 0 Å². The standard InChI is InChI=1S/C15H22N4O/c1-4-14(20)17-15-16-12-8-5-6-9-13(12)19(15)11-7-10-18(2)3/h5-6,8-9H,4,7,10-11H2,1-3H3,(H,16,17,20)/p+1. The van der Waals surface area contributed by atoms with Crippen molar-refractivity contribution in [3.8, 4) is 0 Å². The fourth-order valence-electron chi connectivity index (χ4n) is 2.20. The summed E-state index contributed by atoms with van der Waals surface area (Å²) in [5, 5.41) is 2.89. The average molecular weight is 275 g/mol. The molecule has 0 unspecified atom stereocenters. The van der Waals surface area contributed by atoms with Crippen LogP contribution in [0, 0.1) is 0 Å². The number of rotatable bonds is 6. The lowest BCUT2D eigenvalue weighted by Crippen LogP contribution is -3.05. The number of aromatic nitrogens is 2. The lowest BCUT2D eigenvalue weighted by Gasteiger charge is -2.11. The highest BCUT2D eigenvalue weighted by atomic mass is 16.1. The van der Waals surface area contributed by atoms with E-state index in [1.807, 2.05) is 31.2 Å². The molecule has 1 aromatic heterocycles. The number of hydrogen-bond acceptors (Lipinski definition) is 2. The van der Waals surface area contributed by atoms with Crippen LogP contribution in [0.15, 0.2) is 24.3 Å². The second kappa shape index (κ2) is 6.52. The maximum absolute atomic E-state index is 11.6. The van der Waals surface area contributed by atoms with Crippen LogP contribution in [-0.4, -0.2) is 36.1 Å². The second-order valence-corrected chi connectivity index (χ2v) is 5.29. The van der Waals surface area contributed by atoms with Crippen molar-refractivity contribution in [2.75, 3.05) is 26.0 Å². The molecule has 1 heterocycles. The molecule has 2 N–H and O–H groups in total. The first kappa shape index (κ1) is 14.5. The molecule has 0 atom stereocenters. The summed E-state index contributed by atoms with van der Waals surface area (Å²) in [6, 6.07) is 8.00. The van der Waals surface area contributed by atoms with Gasteiger partial charge in [0.1, 0.15) is 0 Å². The number of imidazole rings is 1. The zero-order valence-corrected chi connectivity index (χ0v) is 12.4. The number of para-hydroxylation sites is 2. The van der Waals surface area contributed by atoms with Crippen molar-refractivity contribution in [1.29, 1.82) is 0 Å². The quantitative estimate of drug-likeness (QED) is 0.823. The highest BCUT2D eigenvalue weighted by Crippen LogP contribution is 2.19. The molecule has 108 valence electrons. The fourth-order valence-corrected chi connectivity index (χ4v) is 2.20. The summed E-state index contributed by atoms with van der Waals surface area (Å²) in [5.74, 6) is 0.659. The number of benzene rings is 1. The third-order valence-electron chi connectivity index (χ3n) is 3.29. The number of nitrogens with zero attached hydrogens (tertiary/aromatic N) is 2. The van der Waals surface area contributed by atoms with Gasteiger partial charge in [-0.25, -0.2) is 4.98 Å². The Morgan fingerprint density at radius 1 is 1.35 bits per heavy atom. The van der Waals surface area contributed by atoms with E-state index in [1.54, 1.807) is 0 Å². The minimum Gasteiger partial charge on any atom is -0.340 e. The Labute approximate surface area is 119 Å². The number of nitrogens with one attached hydrogen (secondary N) is 2. The van der Waals surface area contributed by atoms with Gasteiger partial charge in [-0.05, 0) is 12.1 Å². The minimum atomic E-state index is -0.000194. The number of anilines is 1. The van der Waals surface area contributed by atoms with Gasteiger partial charge >= 0.3 is 0 Å². The van der Waals surface area contributed by atoms with Gasteiger partial charge in [0.2, 0.25) is 11.9 Å². The molecule has 0 aliphatic carbocycles. The van der Waals surface area contributed by atoms with Gasteiger partial charge in [0.15, 0.2) is 0 Å². The number of aryl methyl sites for hydroxylation is 1. The van der Waals surface area contributed by atoms with E-state index in [4.69, 9.17) is 0 Å². The van der Waals surface area contributed by atoms with Crippen LogP contribution < -0.4 is 10.2 Å². The third-order valence-corrected chi connectivity index (χ3v) is 3.29. The smallest absolute Gasteiger partial charge is 0.226 e. The van der Waals surface area contributed by atoms with Gasteiger partial charge in [-0.1, -0.05) is 19.1 Å². The van der Waals surface area contributed by atoms with Gasteiger partial charge in [0.25, 0.3) is 0 Å². The zero-order chi connectivity index (χ0) is 14.5. The summed E-state index contributed by atoms with van der Waals surface area (Å²) in [6.07, 6.45) is 1.52. The van der Waals surface area contributed by atoms with Crippen molar-refractivity contribution in [1.82, 2.24) is 9.55 Å². The Balaban J connectivity index is 2.27. The Bertz CT molecular complexity index is 589. The third kappa shape index (κ3) is 3.36. The van der Waals surface area contributed by atoms with Crippen LogP contribution in [0.2, 0.25) is 0 Å². The maximum atomic E-state index is 11.6. The Morgan fingerprint density at radius 3 is 2.80 bits per heavy atom. The van der Waals surface area contributed by atoms with Crippen LogP contribution in [0.5, 0.6) is 0 Å². The Kier molecular flexibility index (Phi) is 4.74. The molecule has 0 saturated heterocycles. The van der Waals surface area contributed by atoms with Crippen LogP contribution in [0.4, 0.5) is 5.95 Å². The first-order valence-electron chi connectivity index (χ1n) is 7.16. The van der Waals surface area contributed by atoms with E-state index in [-0.39, 0.29) is 5.91 Å². The first-order chi connectivity index (χ1) is 9.61. The molecule has 1 amide bonds. The number of hydrogen-bond donors (Lipinski definition) is 2. The van der Waals surface area contributed by atoms with E-state index in [0.29, 0.717) is 12.4 Å². The highest BCUT2D eigenvalue weighted by molar-refractivity contribution is 5.91. The molecule has 5 heteroatoms. The largest absolute Gasteiger partial charge is 0.340 e. The molecule has 0 aliphatic rings. The Hall–Kier alpha value is -1.88. The van der Waals surface area contributed by atoms with E-state index in [2.05, 4.69) is 29.0 Å².